The summed E-state index contributed by atoms with van der Waals surface area (Å²) in [7, 11) is 0. The summed E-state index contributed by atoms with van der Waals surface area (Å²) in [5.74, 6) is 2.09. The minimum Gasteiger partial charge on any atom is -0.437 e. The van der Waals surface area contributed by atoms with Crippen molar-refractivity contribution in [2.75, 3.05) is 31.2 Å². The number of aliphatic hydroxyl groups excluding tert-OH is 1. The lowest BCUT2D eigenvalue weighted by Crippen LogP contribution is -2.39. The molecule has 2 aromatic heterocycles. The van der Waals surface area contributed by atoms with Gasteiger partial charge in [-0.3, -0.25) is 0 Å². The van der Waals surface area contributed by atoms with Gasteiger partial charge in [-0.25, -0.2) is 9.67 Å². The number of nitrogens with two attached hydrogens (primary N) is 1. The molecule has 172 valence electrons. The third kappa shape index (κ3) is 5.12. The fraction of sp³-hybridized carbons (Fsp3) is 0.391. The maximum Gasteiger partial charge on any atom is 0.224 e. The first kappa shape index (κ1) is 22.7. The predicted octanol–water partition coefficient (Wildman–Crippen LogP) is 2.24. The van der Waals surface area contributed by atoms with Gasteiger partial charge < -0.3 is 25.2 Å². The number of morpholine rings is 1. The molecule has 0 bridgehead atoms. The normalized spacial score (nSPS) is 15.2. The number of benzene rings is 1. The second-order valence-corrected chi connectivity index (χ2v) is 8.55. The Labute approximate surface area is 192 Å². The van der Waals surface area contributed by atoms with E-state index in [9.17, 15) is 10.4 Å². The fourth-order valence-corrected chi connectivity index (χ4v) is 3.54. The molecule has 4 rings (SSSR count). The van der Waals surface area contributed by atoms with Crippen LogP contribution in [0.25, 0.3) is 5.69 Å². The van der Waals surface area contributed by atoms with E-state index in [1.54, 1.807) is 62.1 Å². The van der Waals surface area contributed by atoms with E-state index in [1.165, 1.54) is 0 Å². The Morgan fingerprint density at radius 1 is 1.24 bits per heavy atom. The van der Waals surface area contributed by atoms with Gasteiger partial charge in [-0.1, -0.05) is 0 Å². The van der Waals surface area contributed by atoms with Gasteiger partial charge >= 0.3 is 0 Å². The molecule has 1 aromatic carbocycles. The summed E-state index contributed by atoms with van der Waals surface area (Å²) in [5, 5.41) is 24.3. The molecule has 1 saturated heterocycles. The monoisotopic (exact) mass is 449 g/mol. The number of hydrogen-bond acceptors (Lipinski definition) is 9. The Balaban J connectivity index is 1.68. The number of rotatable bonds is 6. The van der Waals surface area contributed by atoms with Crippen LogP contribution in [0.15, 0.2) is 36.7 Å². The van der Waals surface area contributed by atoms with Crippen LogP contribution >= 0.6 is 0 Å². The van der Waals surface area contributed by atoms with Crippen LogP contribution in [0.4, 0.5) is 5.82 Å². The van der Waals surface area contributed by atoms with E-state index in [2.05, 4.69) is 26.0 Å². The largest absolute Gasteiger partial charge is 0.437 e. The van der Waals surface area contributed by atoms with Crippen molar-refractivity contribution in [1.29, 1.82) is 5.26 Å². The van der Waals surface area contributed by atoms with Crippen LogP contribution < -0.4 is 15.4 Å². The van der Waals surface area contributed by atoms with E-state index in [1.807, 2.05) is 0 Å². The molecular weight excluding hydrogens is 422 g/mol. The molecule has 3 N–H and O–H groups in total. The van der Waals surface area contributed by atoms with Gasteiger partial charge in [0.1, 0.15) is 17.3 Å². The maximum atomic E-state index is 10.5. The van der Waals surface area contributed by atoms with Crippen LogP contribution in [0.5, 0.6) is 11.6 Å². The van der Waals surface area contributed by atoms with E-state index < -0.39 is 11.6 Å². The van der Waals surface area contributed by atoms with Gasteiger partial charge in [-0.2, -0.15) is 15.3 Å². The van der Waals surface area contributed by atoms with Crippen molar-refractivity contribution in [3.8, 4) is 23.4 Å². The van der Waals surface area contributed by atoms with Crippen LogP contribution in [-0.2, 0) is 4.74 Å². The van der Waals surface area contributed by atoms with Gasteiger partial charge in [-0.05, 0) is 32.9 Å². The molecule has 1 atom stereocenters. The van der Waals surface area contributed by atoms with Crippen LogP contribution in [0.2, 0.25) is 0 Å². The van der Waals surface area contributed by atoms with Crippen molar-refractivity contribution in [3.63, 3.8) is 0 Å². The first-order chi connectivity index (χ1) is 15.7. The molecule has 10 heteroatoms. The summed E-state index contributed by atoms with van der Waals surface area (Å²) < 4.78 is 13.2. The van der Waals surface area contributed by atoms with E-state index in [-0.39, 0.29) is 0 Å². The summed E-state index contributed by atoms with van der Waals surface area (Å²) >= 11 is 0. The zero-order valence-corrected chi connectivity index (χ0v) is 18.9. The van der Waals surface area contributed by atoms with Gasteiger partial charge in [-0.15, -0.1) is 0 Å². The highest BCUT2D eigenvalue weighted by Crippen LogP contribution is 2.31. The number of ether oxygens (including phenoxy) is 2. The molecule has 33 heavy (non-hydrogen) atoms. The third-order valence-corrected chi connectivity index (χ3v) is 5.31. The van der Waals surface area contributed by atoms with E-state index in [0.29, 0.717) is 47.5 Å². The molecule has 10 nitrogen and oxygen atoms in total. The molecule has 3 aromatic rings. The third-order valence-electron chi connectivity index (χ3n) is 5.31. The molecule has 1 aliphatic heterocycles. The molecule has 0 spiro atoms. The summed E-state index contributed by atoms with van der Waals surface area (Å²) in [4.78, 5) is 11.1. The van der Waals surface area contributed by atoms with Crippen molar-refractivity contribution < 1.29 is 14.6 Å². The van der Waals surface area contributed by atoms with E-state index in [0.717, 1.165) is 18.9 Å². The molecule has 0 radical (unpaired) electrons. The molecular formula is C23H27N7O3. The van der Waals surface area contributed by atoms with Crippen molar-refractivity contribution in [2.45, 2.75) is 32.4 Å². The topological polar surface area (TPSA) is 135 Å². The zero-order chi connectivity index (χ0) is 23.6. The first-order valence-corrected chi connectivity index (χ1v) is 10.7. The number of hydrogen-bond donors (Lipinski definition) is 2. The van der Waals surface area contributed by atoms with Crippen LogP contribution in [0.1, 0.15) is 36.9 Å². The van der Waals surface area contributed by atoms with E-state index in [4.69, 9.17) is 15.2 Å². The highest BCUT2D eigenvalue weighted by molar-refractivity contribution is 5.53. The average Bonchev–Trinajstić information content (AvgIpc) is 3.28. The Kier molecular flexibility index (Phi) is 6.29. The Morgan fingerprint density at radius 2 is 2.00 bits per heavy atom. The molecule has 1 unspecified atom stereocenters. The van der Waals surface area contributed by atoms with Crippen molar-refractivity contribution in [2.24, 2.45) is 5.73 Å². The molecule has 1 fully saturated rings. The van der Waals surface area contributed by atoms with Gasteiger partial charge in [0.15, 0.2) is 5.75 Å². The van der Waals surface area contributed by atoms with Gasteiger partial charge in [0.05, 0.1) is 37.1 Å². The lowest BCUT2D eigenvalue weighted by molar-refractivity contribution is 0.104. The Morgan fingerprint density at radius 3 is 2.70 bits per heavy atom. The minimum absolute atomic E-state index is 0.357. The highest BCUT2D eigenvalue weighted by atomic mass is 16.5. The maximum absolute atomic E-state index is 10.5. The lowest BCUT2D eigenvalue weighted by Gasteiger charge is -2.28. The quantitative estimate of drug-likeness (QED) is 0.581. The van der Waals surface area contributed by atoms with Crippen molar-refractivity contribution >= 4 is 5.82 Å². The minimum atomic E-state index is -0.894. The molecule has 0 amide bonds. The molecule has 0 saturated carbocycles. The van der Waals surface area contributed by atoms with Crippen LogP contribution in [0, 0.1) is 18.3 Å². The SMILES string of the molecule is Cc1nc(Oc2cc(C#N)ccc2-n2cc(C(O)C(C)(C)N)cn2)cc(N2CCOCC2)n1. The van der Waals surface area contributed by atoms with Crippen LogP contribution in [0.3, 0.4) is 0 Å². The average molecular weight is 450 g/mol. The van der Waals surface area contributed by atoms with E-state index >= 15 is 0 Å². The van der Waals surface area contributed by atoms with Gasteiger partial charge in [0.2, 0.25) is 5.88 Å². The number of nitriles is 1. The zero-order valence-electron chi connectivity index (χ0n) is 18.9. The van der Waals surface area contributed by atoms with Crippen LogP contribution in [-0.4, -0.2) is 56.7 Å². The molecule has 1 aliphatic rings. The van der Waals surface area contributed by atoms with Crippen molar-refractivity contribution in [1.82, 2.24) is 19.7 Å². The number of aryl methyl sites for hydroxylation is 1. The smallest absolute Gasteiger partial charge is 0.224 e. The van der Waals surface area contributed by atoms with Crippen molar-refractivity contribution in [3.05, 3.63) is 53.6 Å². The van der Waals surface area contributed by atoms with Gasteiger partial charge in [0, 0.05) is 42.5 Å². The highest BCUT2D eigenvalue weighted by Gasteiger charge is 2.26. The summed E-state index contributed by atoms with van der Waals surface area (Å²) in [6, 6.07) is 8.95. The predicted molar refractivity (Wildman–Crippen MR) is 121 cm³/mol. The summed E-state index contributed by atoms with van der Waals surface area (Å²) in [6.45, 7) is 8.05. The summed E-state index contributed by atoms with van der Waals surface area (Å²) in [5.41, 5.74) is 6.82. The summed E-state index contributed by atoms with van der Waals surface area (Å²) in [6.07, 6.45) is 2.36. The molecule has 3 heterocycles. The molecule has 0 aliphatic carbocycles. The number of anilines is 1. The second-order valence-electron chi connectivity index (χ2n) is 8.55. The lowest BCUT2D eigenvalue weighted by atomic mass is 9.95. The fourth-order valence-electron chi connectivity index (χ4n) is 3.54. The number of nitrogens with zero attached hydrogens (tertiary/aromatic N) is 6. The first-order valence-electron chi connectivity index (χ1n) is 10.7. The standard InChI is InChI=1S/C23H27N7O3/c1-15-27-20(29-6-8-32-9-7-29)11-21(28-15)33-19-10-16(12-24)4-5-18(19)30-14-17(13-26-30)22(31)23(2,3)25/h4-5,10-11,13-14,22,31H,6-9,25H2,1-3H3. The Bertz CT molecular complexity index is 1170. The number of aliphatic hydroxyl groups is 1. The Hall–Kier alpha value is -3.52. The number of aromatic nitrogens is 4. The second kappa shape index (κ2) is 9.15. The van der Waals surface area contributed by atoms with Gasteiger partial charge in [0.25, 0.3) is 0 Å².